The molecule has 0 bridgehead atoms. The summed E-state index contributed by atoms with van der Waals surface area (Å²) in [7, 11) is 0. The van der Waals surface area contributed by atoms with E-state index in [2.05, 4.69) is 74.3 Å². The highest BCUT2D eigenvalue weighted by atomic mass is 16.2. The Kier molecular flexibility index (Phi) is 15.0. The van der Waals surface area contributed by atoms with Crippen LogP contribution in [0.15, 0.2) is 12.7 Å². The molecule has 348 valence electrons. The van der Waals surface area contributed by atoms with Crippen LogP contribution in [-0.4, -0.2) is 112 Å². The van der Waals surface area contributed by atoms with Crippen molar-refractivity contribution in [3.05, 3.63) is 12.7 Å². The Hall–Kier alpha value is -3.48. The summed E-state index contributed by atoms with van der Waals surface area (Å²) >= 11 is 0. The number of likely N-dealkylation sites (tertiary alicyclic amines) is 2. The number of nitrogens with zero attached hydrogens (tertiary/aromatic N) is 3. The number of hydrogen-bond donors (Lipinski definition) is 4. The van der Waals surface area contributed by atoms with Crippen molar-refractivity contribution in [1.29, 1.82) is 0 Å². The number of carbonyl (C=O) groups is 6. The Balaban J connectivity index is 1.31. The Labute approximate surface area is 372 Å². The maximum Gasteiger partial charge on any atom is 0.324 e. The highest BCUT2D eigenvalue weighted by molar-refractivity contribution is 6.04. The molecule has 4 N–H and O–H groups in total. The number of fused-ring (bicyclic) bond motifs is 1. The van der Waals surface area contributed by atoms with E-state index in [1.54, 1.807) is 11.0 Å². The topological polar surface area (TPSA) is 160 Å². The number of carbonyl (C=O) groups excluding carboxylic acids is 6. The van der Waals surface area contributed by atoms with Crippen LogP contribution in [0.5, 0.6) is 0 Å². The molecule has 0 aromatic rings. The molecule has 4 saturated carbocycles. The minimum absolute atomic E-state index is 0.0202. The van der Waals surface area contributed by atoms with Gasteiger partial charge in [0.25, 0.3) is 5.91 Å². The predicted molar refractivity (Wildman–Crippen MR) is 241 cm³/mol. The number of hydrogen-bond acceptors (Lipinski definition) is 7. The molecule has 2 spiro atoms. The molecule has 7 atom stereocenters. The first-order chi connectivity index (χ1) is 29.5. The van der Waals surface area contributed by atoms with Crippen LogP contribution in [0.2, 0.25) is 0 Å². The molecule has 4 aliphatic carbocycles. The van der Waals surface area contributed by atoms with Crippen LogP contribution < -0.4 is 21.3 Å². The van der Waals surface area contributed by atoms with Crippen molar-refractivity contribution in [2.45, 2.75) is 200 Å². The van der Waals surface area contributed by atoms with Crippen molar-refractivity contribution in [3.8, 4) is 0 Å². The summed E-state index contributed by atoms with van der Waals surface area (Å²) in [4.78, 5) is 92.2. The molecule has 2 saturated heterocycles. The van der Waals surface area contributed by atoms with Gasteiger partial charge in [-0.3, -0.25) is 34.2 Å². The maximum absolute atomic E-state index is 15.6. The zero-order chi connectivity index (χ0) is 45.2. The highest BCUT2D eigenvalue weighted by Crippen LogP contribution is 2.88. The second kappa shape index (κ2) is 19.3. The maximum atomic E-state index is 15.6. The van der Waals surface area contributed by atoms with Crippen molar-refractivity contribution in [2.24, 2.45) is 34.0 Å². The van der Waals surface area contributed by atoms with Gasteiger partial charge in [-0.05, 0) is 121 Å². The van der Waals surface area contributed by atoms with Gasteiger partial charge in [-0.1, -0.05) is 78.7 Å². The number of amides is 7. The van der Waals surface area contributed by atoms with E-state index in [1.807, 2.05) is 13.8 Å². The first-order valence-electron chi connectivity index (χ1n) is 24.7. The molecule has 2 aliphatic heterocycles. The van der Waals surface area contributed by atoms with Crippen LogP contribution >= 0.6 is 0 Å². The lowest BCUT2D eigenvalue weighted by molar-refractivity contribution is -0.144. The monoisotopic (exact) mass is 864 g/mol. The fourth-order valence-electron chi connectivity index (χ4n) is 13.2. The summed E-state index contributed by atoms with van der Waals surface area (Å²) in [6, 6.07) is -3.16. The molecule has 0 aromatic carbocycles. The molecule has 62 heavy (non-hydrogen) atoms. The molecule has 6 aliphatic rings. The molecule has 7 amide bonds. The van der Waals surface area contributed by atoms with Gasteiger partial charge in [-0.15, -0.1) is 6.58 Å². The SMILES string of the molecule is C=CC1CC1(NC(=O)C1CC2(CN1C(=O)C(NC(=O)C(NC(=O)C1CCCCN1C(C)C)C1CCCCC1)C(CCC)CCC)C(C)(C)C21CCC1)C(=O)NC(=O)N(CC)CC. The van der Waals surface area contributed by atoms with E-state index < -0.39 is 41.5 Å². The average molecular weight is 864 g/mol. The largest absolute Gasteiger partial charge is 0.343 e. The fourth-order valence-corrected chi connectivity index (χ4v) is 13.2. The summed E-state index contributed by atoms with van der Waals surface area (Å²) < 4.78 is 0. The fraction of sp³-hybridized carbons (Fsp3) is 0.837. The third kappa shape index (κ3) is 8.58. The van der Waals surface area contributed by atoms with Gasteiger partial charge in [0.1, 0.15) is 23.7 Å². The average Bonchev–Trinajstić information content (AvgIpc) is 3.97. The minimum Gasteiger partial charge on any atom is -0.343 e. The second-order valence-corrected chi connectivity index (χ2v) is 20.8. The lowest BCUT2D eigenvalue weighted by Crippen LogP contribution is -2.62. The Morgan fingerprint density at radius 3 is 1.97 bits per heavy atom. The zero-order valence-corrected chi connectivity index (χ0v) is 39.5. The van der Waals surface area contributed by atoms with Crippen LogP contribution in [0.25, 0.3) is 0 Å². The molecule has 0 aromatic heterocycles. The lowest BCUT2D eigenvalue weighted by atomic mass is 9.73. The van der Waals surface area contributed by atoms with E-state index in [9.17, 15) is 24.0 Å². The molecule has 0 radical (unpaired) electrons. The normalized spacial score (nSPS) is 29.7. The third-order valence-electron chi connectivity index (χ3n) is 17.3. The summed E-state index contributed by atoms with van der Waals surface area (Å²) in [6.07, 6.45) is 16.2. The van der Waals surface area contributed by atoms with Gasteiger partial charge < -0.3 is 25.8 Å². The van der Waals surface area contributed by atoms with Crippen LogP contribution in [0.1, 0.15) is 165 Å². The number of rotatable bonds is 18. The van der Waals surface area contributed by atoms with Crippen LogP contribution in [0, 0.1) is 34.0 Å². The van der Waals surface area contributed by atoms with Crippen molar-refractivity contribution >= 4 is 35.6 Å². The smallest absolute Gasteiger partial charge is 0.324 e. The number of urea groups is 1. The van der Waals surface area contributed by atoms with E-state index in [-0.39, 0.29) is 63.8 Å². The van der Waals surface area contributed by atoms with Gasteiger partial charge in [-0.25, -0.2) is 4.79 Å². The van der Waals surface area contributed by atoms with Crippen LogP contribution in [0.4, 0.5) is 4.79 Å². The highest BCUT2D eigenvalue weighted by Gasteiger charge is 2.85. The molecular weight excluding hydrogens is 783 g/mol. The van der Waals surface area contributed by atoms with Crippen molar-refractivity contribution in [3.63, 3.8) is 0 Å². The quantitative estimate of drug-likeness (QED) is 0.115. The van der Waals surface area contributed by atoms with E-state index in [0.717, 1.165) is 90.0 Å². The van der Waals surface area contributed by atoms with Crippen molar-refractivity contribution < 1.29 is 28.8 Å². The van der Waals surface area contributed by atoms with Gasteiger partial charge in [0, 0.05) is 37.0 Å². The summed E-state index contributed by atoms with van der Waals surface area (Å²) in [5.74, 6) is -2.27. The number of nitrogens with one attached hydrogen (secondary N) is 4. The molecule has 13 heteroatoms. The molecule has 2 heterocycles. The van der Waals surface area contributed by atoms with Crippen LogP contribution in [-0.2, 0) is 24.0 Å². The standard InChI is InChI=1S/C49H81N7O6/c1-10-21-33(22-11-2)39(51-42(59)38(34-23-16-15-17-24-34)50-40(57)36-25-18-19-28-55(36)32(6)7)43(60)56-31-48(46(8,9)47(48)26-20-27-47)30-37(56)41(58)53-49(29-35(49)12-3)44(61)52-45(62)54(13-4)14-5/h12,32-39H,3,10-11,13-31H2,1-2,4-9H3,(H,50,57)(H,51,59)(H,53,58)(H,52,61,62). The van der Waals surface area contributed by atoms with E-state index in [0.29, 0.717) is 45.3 Å². The Morgan fingerprint density at radius 2 is 1.44 bits per heavy atom. The molecule has 6 rings (SSSR count). The lowest BCUT2D eigenvalue weighted by Gasteiger charge is -2.39. The van der Waals surface area contributed by atoms with Gasteiger partial charge >= 0.3 is 6.03 Å². The van der Waals surface area contributed by atoms with Gasteiger partial charge in [0.05, 0.1) is 6.04 Å². The second-order valence-electron chi connectivity index (χ2n) is 20.8. The Bertz CT molecular complexity index is 1680. The van der Waals surface area contributed by atoms with Crippen molar-refractivity contribution in [1.82, 2.24) is 36.0 Å². The first-order valence-corrected chi connectivity index (χ1v) is 24.7. The number of piperidine rings is 1. The van der Waals surface area contributed by atoms with Gasteiger partial charge in [-0.2, -0.15) is 0 Å². The third-order valence-corrected chi connectivity index (χ3v) is 17.3. The minimum atomic E-state index is -1.35. The molecule has 13 nitrogen and oxygen atoms in total. The summed E-state index contributed by atoms with van der Waals surface area (Å²) in [5.41, 5.74) is -1.72. The zero-order valence-electron chi connectivity index (χ0n) is 39.5. The molecular formula is C49H81N7O6. The van der Waals surface area contributed by atoms with E-state index in [4.69, 9.17) is 0 Å². The van der Waals surface area contributed by atoms with Gasteiger partial charge in [0.15, 0.2) is 0 Å². The number of imide groups is 1. The van der Waals surface area contributed by atoms with Crippen LogP contribution in [0.3, 0.4) is 0 Å². The predicted octanol–water partition coefficient (Wildman–Crippen LogP) is 6.45. The molecule has 6 fully saturated rings. The van der Waals surface area contributed by atoms with E-state index >= 15 is 4.79 Å². The summed E-state index contributed by atoms with van der Waals surface area (Å²) in [5, 5.41) is 12.2. The van der Waals surface area contributed by atoms with Gasteiger partial charge in [0.2, 0.25) is 23.6 Å². The summed E-state index contributed by atoms with van der Waals surface area (Å²) in [6.45, 7) is 22.7. The Morgan fingerprint density at radius 1 is 0.790 bits per heavy atom. The van der Waals surface area contributed by atoms with E-state index in [1.165, 1.54) is 4.90 Å². The van der Waals surface area contributed by atoms with Crippen molar-refractivity contribution in [2.75, 3.05) is 26.2 Å². The molecule has 7 unspecified atom stereocenters. The first kappa shape index (κ1) is 48.0.